The summed E-state index contributed by atoms with van der Waals surface area (Å²) >= 11 is 0. The van der Waals surface area contributed by atoms with Gasteiger partial charge >= 0.3 is 0 Å². The van der Waals surface area contributed by atoms with Gasteiger partial charge in [0.1, 0.15) is 0 Å². The predicted molar refractivity (Wildman–Crippen MR) is 78.7 cm³/mol. The van der Waals surface area contributed by atoms with Crippen LogP contribution in [0.3, 0.4) is 0 Å². The molecule has 1 saturated heterocycles. The van der Waals surface area contributed by atoms with Crippen molar-refractivity contribution in [2.45, 2.75) is 32.5 Å². The van der Waals surface area contributed by atoms with E-state index < -0.39 is 0 Å². The molecule has 1 N–H and O–H groups in total. The first-order chi connectivity index (χ1) is 9.63. The van der Waals surface area contributed by atoms with E-state index in [1.807, 2.05) is 30.9 Å². The highest BCUT2D eigenvalue weighted by Crippen LogP contribution is 2.26. The molecule has 3 rings (SSSR count). The van der Waals surface area contributed by atoms with Crippen LogP contribution < -0.4 is 5.32 Å². The summed E-state index contributed by atoms with van der Waals surface area (Å²) < 4.78 is 5.70. The van der Waals surface area contributed by atoms with Crippen LogP contribution in [-0.4, -0.2) is 42.6 Å². The van der Waals surface area contributed by atoms with Crippen molar-refractivity contribution in [3.05, 3.63) is 29.8 Å². The van der Waals surface area contributed by atoms with Crippen LogP contribution in [-0.2, 0) is 16.0 Å². The Kier molecular flexibility index (Phi) is 3.66. The molecule has 0 radical (unpaired) electrons. The largest absolute Gasteiger partial charge is 0.384 e. The van der Waals surface area contributed by atoms with E-state index in [0.29, 0.717) is 13.1 Å². The Morgan fingerprint density at radius 1 is 1.25 bits per heavy atom. The maximum Gasteiger partial charge on any atom is 0.227 e. The third-order valence-corrected chi connectivity index (χ3v) is 4.10. The van der Waals surface area contributed by atoms with Crippen molar-refractivity contribution in [3.63, 3.8) is 0 Å². The molecule has 3 atom stereocenters. The van der Waals surface area contributed by atoms with Gasteiger partial charge in [-0.3, -0.25) is 4.79 Å². The van der Waals surface area contributed by atoms with Gasteiger partial charge < -0.3 is 15.0 Å². The molecule has 0 saturated carbocycles. The Labute approximate surface area is 120 Å². The summed E-state index contributed by atoms with van der Waals surface area (Å²) in [5.74, 6) is 0.302. The minimum absolute atomic E-state index is 0.0439. The van der Waals surface area contributed by atoms with Crippen molar-refractivity contribution < 1.29 is 9.53 Å². The van der Waals surface area contributed by atoms with Crippen LogP contribution >= 0.6 is 0 Å². The van der Waals surface area contributed by atoms with Crippen molar-refractivity contribution in [1.82, 2.24) is 4.90 Å². The molecular formula is C16H22N2O2. The number of para-hydroxylation sites is 1. The molecule has 20 heavy (non-hydrogen) atoms. The van der Waals surface area contributed by atoms with Gasteiger partial charge in [-0.25, -0.2) is 0 Å². The third kappa shape index (κ3) is 2.66. The highest BCUT2D eigenvalue weighted by atomic mass is 16.5. The fraction of sp³-hybridized carbons (Fsp3) is 0.562. The number of morpholine rings is 1. The number of carbonyl (C=O) groups excluding carboxylic acids is 1. The summed E-state index contributed by atoms with van der Waals surface area (Å²) in [7, 11) is 0. The Hall–Kier alpha value is -1.55. The minimum Gasteiger partial charge on any atom is -0.384 e. The molecule has 4 heteroatoms. The molecule has 0 spiro atoms. The van der Waals surface area contributed by atoms with Gasteiger partial charge in [-0.15, -0.1) is 0 Å². The van der Waals surface area contributed by atoms with Crippen LogP contribution in [0.1, 0.15) is 19.4 Å². The van der Waals surface area contributed by atoms with Gasteiger partial charge in [-0.1, -0.05) is 18.2 Å². The Morgan fingerprint density at radius 3 is 2.70 bits per heavy atom. The smallest absolute Gasteiger partial charge is 0.227 e. The molecule has 2 heterocycles. The topological polar surface area (TPSA) is 41.6 Å². The van der Waals surface area contributed by atoms with Crippen molar-refractivity contribution in [2.24, 2.45) is 5.92 Å². The normalized spacial score (nSPS) is 29.5. The molecule has 4 nitrogen and oxygen atoms in total. The number of benzene rings is 1. The zero-order valence-corrected chi connectivity index (χ0v) is 12.1. The van der Waals surface area contributed by atoms with Gasteiger partial charge in [-0.05, 0) is 31.9 Å². The van der Waals surface area contributed by atoms with E-state index in [1.54, 1.807) is 0 Å². The number of nitrogens with zero attached hydrogens (tertiary/aromatic N) is 1. The summed E-state index contributed by atoms with van der Waals surface area (Å²) in [6.45, 7) is 6.22. The predicted octanol–water partition coefficient (Wildman–Crippen LogP) is 1.91. The Balaban J connectivity index is 1.69. The molecule has 0 aromatic heterocycles. The second kappa shape index (κ2) is 5.44. The number of hydrogen-bond donors (Lipinski definition) is 1. The maximum atomic E-state index is 12.7. The monoisotopic (exact) mass is 274 g/mol. The lowest BCUT2D eigenvalue weighted by molar-refractivity contribution is -0.147. The maximum absolute atomic E-state index is 12.7. The molecular weight excluding hydrogens is 252 g/mol. The average molecular weight is 274 g/mol. The molecule has 0 aliphatic carbocycles. The van der Waals surface area contributed by atoms with Crippen LogP contribution in [0.5, 0.6) is 0 Å². The zero-order valence-electron chi connectivity index (χ0n) is 12.1. The first-order valence-corrected chi connectivity index (χ1v) is 7.39. The molecule has 0 bridgehead atoms. The van der Waals surface area contributed by atoms with E-state index in [0.717, 1.165) is 13.0 Å². The number of carbonyl (C=O) groups is 1. The van der Waals surface area contributed by atoms with Crippen LogP contribution in [0, 0.1) is 5.92 Å². The highest BCUT2D eigenvalue weighted by Gasteiger charge is 2.32. The molecule has 1 aromatic carbocycles. The third-order valence-electron chi connectivity index (χ3n) is 4.10. The van der Waals surface area contributed by atoms with E-state index in [1.165, 1.54) is 11.3 Å². The Bertz CT molecular complexity index is 493. The molecule has 1 aromatic rings. The minimum atomic E-state index is 0.0439. The van der Waals surface area contributed by atoms with E-state index in [-0.39, 0.29) is 24.0 Å². The number of rotatable bonds is 1. The standard InChI is InChI=1S/C16H22N2O2/c1-11-9-18(10-12(2)20-11)16(19)14-7-13-5-3-4-6-15(13)17-8-14/h3-6,11-12,14,17H,7-10H2,1-2H3. The van der Waals surface area contributed by atoms with Crippen molar-refractivity contribution in [3.8, 4) is 0 Å². The fourth-order valence-electron chi connectivity index (χ4n) is 3.23. The molecule has 108 valence electrons. The number of anilines is 1. The number of fused-ring (bicyclic) bond motifs is 1. The lowest BCUT2D eigenvalue weighted by Crippen LogP contribution is -2.51. The van der Waals surface area contributed by atoms with Crippen molar-refractivity contribution in [2.75, 3.05) is 25.0 Å². The van der Waals surface area contributed by atoms with Crippen molar-refractivity contribution in [1.29, 1.82) is 0 Å². The molecule has 2 aliphatic heterocycles. The van der Waals surface area contributed by atoms with Gasteiger partial charge in [0.05, 0.1) is 18.1 Å². The molecule has 3 unspecified atom stereocenters. The molecule has 2 aliphatic rings. The van der Waals surface area contributed by atoms with Crippen LogP contribution in [0.25, 0.3) is 0 Å². The van der Waals surface area contributed by atoms with Gasteiger partial charge in [0.15, 0.2) is 0 Å². The lowest BCUT2D eigenvalue weighted by atomic mass is 9.92. The summed E-state index contributed by atoms with van der Waals surface area (Å²) in [6, 6.07) is 8.24. The number of ether oxygens (including phenoxy) is 1. The number of amides is 1. The number of hydrogen-bond acceptors (Lipinski definition) is 3. The van der Waals surface area contributed by atoms with Crippen molar-refractivity contribution >= 4 is 11.6 Å². The van der Waals surface area contributed by atoms with Crippen LogP contribution in [0.4, 0.5) is 5.69 Å². The fourth-order valence-corrected chi connectivity index (χ4v) is 3.23. The van der Waals surface area contributed by atoms with E-state index >= 15 is 0 Å². The second-order valence-electron chi connectivity index (χ2n) is 5.94. The SMILES string of the molecule is CC1CN(C(=O)C2CNc3ccccc3C2)CC(C)O1. The second-order valence-corrected chi connectivity index (χ2v) is 5.94. The Morgan fingerprint density at radius 2 is 1.95 bits per heavy atom. The van der Waals surface area contributed by atoms with Crippen LogP contribution in [0.15, 0.2) is 24.3 Å². The quantitative estimate of drug-likeness (QED) is 0.850. The summed E-state index contributed by atoms with van der Waals surface area (Å²) in [5, 5.41) is 3.38. The van der Waals surface area contributed by atoms with Gasteiger partial charge in [0.25, 0.3) is 0 Å². The molecule has 1 fully saturated rings. The van der Waals surface area contributed by atoms with E-state index in [2.05, 4.69) is 17.4 Å². The average Bonchev–Trinajstić information content (AvgIpc) is 2.45. The highest BCUT2D eigenvalue weighted by molar-refractivity contribution is 5.81. The first kappa shape index (κ1) is 13.4. The summed E-state index contributed by atoms with van der Waals surface area (Å²) in [6.07, 6.45) is 1.10. The van der Waals surface area contributed by atoms with Crippen LogP contribution in [0.2, 0.25) is 0 Å². The number of nitrogens with one attached hydrogen (secondary N) is 1. The van der Waals surface area contributed by atoms with E-state index in [9.17, 15) is 4.79 Å². The van der Waals surface area contributed by atoms with Gasteiger partial charge in [0, 0.05) is 25.3 Å². The van der Waals surface area contributed by atoms with E-state index in [4.69, 9.17) is 4.74 Å². The molecule has 1 amide bonds. The lowest BCUT2D eigenvalue weighted by Gasteiger charge is -2.38. The summed E-state index contributed by atoms with van der Waals surface area (Å²) in [5.41, 5.74) is 2.41. The zero-order chi connectivity index (χ0) is 14.1. The first-order valence-electron chi connectivity index (χ1n) is 7.39. The van der Waals surface area contributed by atoms with Gasteiger partial charge in [0.2, 0.25) is 5.91 Å². The summed E-state index contributed by atoms with van der Waals surface area (Å²) in [4.78, 5) is 14.7. The van der Waals surface area contributed by atoms with Gasteiger partial charge in [-0.2, -0.15) is 0 Å².